The number of thioether (sulfide) groups is 1. The fourth-order valence-corrected chi connectivity index (χ4v) is 6.88. The molecule has 4 aromatic heterocycles. The van der Waals surface area contributed by atoms with Crippen LogP contribution in [0.5, 0.6) is 0 Å². The van der Waals surface area contributed by atoms with Gasteiger partial charge in [-0.1, -0.05) is 60.7 Å². The van der Waals surface area contributed by atoms with Crippen molar-refractivity contribution in [3.05, 3.63) is 145 Å². The highest BCUT2D eigenvalue weighted by molar-refractivity contribution is 7.98. The first kappa shape index (κ1) is 38.3. The molecule has 284 valence electrons. The number of sulfone groups is 1. The van der Waals surface area contributed by atoms with Crippen molar-refractivity contribution in [1.82, 2.24) is 29.5 Å². The molecule has 0 unspecified atom stereocenters. The van der Waals surface area contributed by atoms with Gasteiger partial charge in [0.15, 0.2) is 21.2 Å². The normalized spacial score (nSPS) is 12.1. The summed E-state index contributed by atoms with van der Waals surface area (Å²) in [5.74, 6) is 0. The van der Waals surface area contributed by atoms with Crippen molar-refractivity contribution >= 4 is 43.4 Å². The van der Waals surface area contributed by atoms with Crippen molar-refractivity contribution in [2.24, 2.45) is 0 Å². The molecule has 0 aliphatic heterocycles. The molecule has 4 aromatic carbocycles. The maximum atomic E-state index is 13.0. The lowest BCUT2D eigenvalue weighted by molar-refractivity contribution is -0.142. The third kappa shape index (κ3) is 8.16. The highest BCUT2D eigenvalue weighted by Crippen LogP contribution is 2.33. The molecule has 4 heterocycles. The second-order valence-electron chi connectivity index (χ2n) is 12.4. The maximum absolute atomic E-state index is 13.0. The van der Waals surface area contributed by atoms with E-state index in [1.165, 1.54) is 33.9 Å². The molecule has 56 heavy (non-hydrogen) atoms. The first-order chi connectivity index (χ1) is 26.6. The Hall–Kier alpha value is -6.00. The summed E-state index contributed by atoms with van der Waals surface area (Å²) in [6.45, 7) is 0. The largest absolute Gasteiger partial charge is 0.435 e. The lowest BCUT2D eigenvalue weighted by Crippen LogP contribution is -2.07. The number of pyridine rings is 2. The SMILES string of the molecule is CS(=O)(=O)c1ccc(-c2cc(-n3ccc(C(F)(F)F)n3)c3ccccc3n2)cc1.CSc1ccc(-c2cc(-n3ccc(C(F)(F)F)n3)c3ccccc3n2)cc1. The summed E-state index contributed by atoms with van der Waals surface area (Å²) < 4.78 is 104. The van der Waals surface area contributed by atoms with Crippen molar-refractivity contribution in [1.29, 1.82) is 0 Å². The second kappa shape index (κ2) is 14.9. The lowest BCUT2D eigenvalue weighted by Gasteiger charge is -2.11. The molecule has 8 aromatic rings. The highest BCUT2D eigenvalue weighted by atomic mass is 32.2. The summed E-state index contributed by atoms with van der Waals surface area (Å²) >= 11 is 1.64. The highest BCUT2D eigenvalue weighted by Gasteiger charge is 2.34. The van der Waals surface area contributed by atoms with Gasteiger partial charge < -0.3 is 0 Å². The number of rotatable bonds is 6. The minimum atomic E-state index is -4.54. The van der Waals surface area contributed by atoms with E-state index < -0.39 is 33.6 Å². The summed E-state index contributed by atoms with van der Waals surface area (Å²) in [5, 5.41) is 8.77. The molecule has 0 N–H and O–H groups in total. The van der Waals surface area contributed by atoms with E-state index in [4.69, 9.17) is 0 Å². The van der Waals surface area contributed by atoms with Crippen molar-refractivity contribution in [3.8, 4) is 33.9 Å². The molecule has 0 bridgehead atoms. The van der Waals surface area contributed by atoms with E-state index in [0.717, 1.165) is 34.2 Å². The quantitative estimate of drug-likeness (QED) is 0.122. The lowest BCUT2D eigenvalue weighted by atomic mass is 10.1. The predicted molar refractivity (Wildman–Crippen MR) is 203 cm³/mol. The van der Waals surface area contributed by atoms with E-state index in [9.17, 15) is 34.8 Å². The maximum Gasteiger partial charge on any atom is 0.435 e. The van der Waals surface area contributed by atoms with Crippen molar-refractivity contribution in [2.45, 2.75) is 22.1 Å². The number of hydrogen-bond acceptors (Lipinski definition) is 7. The van der Waals surface area contributed by atoms with E-state index >= 15 is 0 Å². The average molecular weight is 803 g/mol. The molecular formula is C40H28F6N6O2S2. The Labute approximate surface area is 320 Å². The summed E-state index contributed by atoms with van der Waals surface area (Å²) in [7, 11) is -3.34. The van der Waals surface area contributed by atoms with Crippen LogP contribution < -0.4 is 0 Å². The Morgan fingerprint density at radius 1 is 0.571 bits per heavy atom. The van der Waals surface area contributed by atoms with Crippen LogP contribution in [0.15, 0.2) is 144 Å². The zero-order valence-corrected chi connectivity index (χ0v) is 30.9. The van der Waals surface area contributed by atoms with Crippen LogP contribution in [0, 0.1) is 0 Å². The van der Waals surface area contributed by atoms with Crippen LogP contribution in [0.25, 0.3) is 55.7 Å². The topological polar surface area (TPSA) is 95.6 Å². The number of para-hydroxylation sites is 2. The number of alkyl halides is 6. The summed E-state index contributed by atoms with van der Waals surface area (Å²) in [5.41, 5.74) is 3.05. The van der Waals surface area contributed by atoms with Crippen LogP contribution in [-0.2, 0) is 22.2 Å². The monoisotopic (exact) mass is 802 g/mol. The third-order valence-corrected chi connectivity index (χ3v) is 10.5. The van der Waals surface area contributed by atoms with Crippen molar-refractivity contribution < 1.29 is 34.8 Å². The van der Waals surface area contributed by atoms with Crippen molar-refractivity contribution in [3.63, 3.8) is 0 Å². The zero-order chi connectivity index (χ0) is 39.8. The van der Waals surface area contributed by atoms with Gasteiger partial charge in [-0.25, -0.2) is 27.7 Å². The molecule has 0 saturated carbocycles. The molecule has 0 spiro atoms. The second-order valence-corrected chi connectivity index (χ2v) is 15.3. The van der Waals surface area contributed by atoms with Gasteiger partial charge in [-0.2, -0.15) is 36.5 Å². The smallest absolute Gasteiger partial charge is 0.248 e. The van der Waals surface area contributed by atoms with Gasteiger partial charge in [-0.15, -0.1) is 11.8 Å². The molecule has 0 aliphatic carbocycles. The van der Waals surface area contributed by atoms with Crippen LogP contribution in [0.3, 0.4) is 0 Å². The molecule has 16 heteroatoms. The molecular weight excluding hydrogens is 775 g/mol. The standard InChI is InChI=1S/C20H14F3N3O2S.C20H14F3N3S/c1-29(27,28)14-8-6-13(7-9-14)17-12-18(15-4-2-3-5-16(15)24-17)26-11-10-19(25-26)20(21,22)23;1-27-14-8-6-13(7-9-14)17-12-18(15-4-2-3-5-16(15)24-17)26-11-10-19(25-26)20(21,22)23/h2-12H,1H3;2-12H,1H3. The summed E-state index contributed by atoms with van der Waals surface area (Å²) in [4.78, 5) is 10.5. The Kier molecular flexibility index (Phi) is 10.2. The average Bonchev–Trinajstić information content (AvgIpc) is 3.89. The zero-order valence-electron chi connectivity index (χ0n) is 29.3. The minimum absolute atomic E-state index is 0.171. The van der Waals surface area contributed by atoms with Gasteiger partial charge in [0.2, 0.25) is 0 Å². The van der Waals surface area contributed by atoms with E-state index in [2.05, 4.69) is 20.2 Å². The van der Waals surface area contributed by atoms with Gasteiger partial charge in [0.1, 0.15) is 0 Å². The Morgan fingerprint density at radius 3 is 1.36 bits per heavy atom. The molecule has 0 fully saturated rings. The molecule has 8 rings (SSSR count). The molecule has 0 aliphatic rings. The first-order valence-corrected chi connectivity index (χ1v) is 19.7. The van der Waals surface area contributed by atoms with Crippen LogP contribution in [0.2, 0.25) is 0 Å². The summed E-state index contributed by atoms with van der Waals surface area (Å²) in [6, 6.07) is 33.7. The number of aromatic nitrogens is 6. The van der Waals surface area contributed by atoms with Crippen LogP contribution >= 0.6 is 11.8 Å². The van der Waals surface area contributed by atoms with E-state index in [1.807, 2.05) is 54.8 Å². The van der Waals surface area contributed by atoms with Gasteiger partial charge in [0.25, 0.3) is 0 Å². The van der Waals surface area contributed by atoms with E-state index in [0.29, 0.717) is 44.7 Å². The molecule has 0 amide bonds. The van der Waals surface area contributed by atoms with Crippen molar-refractivity contribution in [2.75, 3.05) is 12.5 Å². The Morgan fingerprint density at radius 2 is 0.982 bits per heavy atom. The van der Waals surface area contributed by atoms with Gasteiger partial charge in [-0.05, 0) is 66.9 Å². The minimum Gasteiger partial charge on any atom is -0.248 e. The summed E-state index contributed by atoms with van der Waals surface area (Å²) in [6.07, 6.45) is -3.34. The Bertz CT molecular complexity index is 2800. The molecule has 0 saturated heterocycles. The first-order valence-electron chi connectivity index (χ1n) is 16.6. The Balaban J connectivity index is 0.000000172. The number of benzene rings is 4. The van der Waals surface area contributed by atoms with Gasteiger partial charge in [-0.3, -0.25) is 0 Å². The number of nitrogens with zero attached hydrogens (tertiary/aromatic N) is 6. The van der Waals surface area contributed by atoms with Crippen LogP contribution in [0.1, 0.15) is 11.4 Å². The van der Waals surface area contributed by atoms with Crippen LogP contribution in [0.4, 0.5) is 26.3 Å². The molecule has 0 radical (unpaired) electrons. The van der Waals surface area contributed by atoms with Gasteiger partial charge >= 0.3 is 12.4 Å². The number of halogens is 6. The fraction of sp³-hybridized carbons (Fsp3) is 0.100. The number of hydrogen-bond donors (Lipinski definition) is 0. The number of fused-ring (bicyclic) bond motifs is 2. The van der Waals surface area contributed by atoms with Gasteiger partial charge in [0, 0.05) is 45.4 Å². The molecule has 0 atom stereocenters. The molecule has 8 nitrogen and oxygen atoms in total. The third-order valence-electron chi connectivity index (χ3n) is 8.61. The van der Waals surface area contributed by atoms with Crippen LogP contribution in [-0.4, -0.2) is 50.5 Å². The predicted octanol–water partition coefficient (Wildman–Crippen LogP) is 10.3. The van der Waals surface area contributed by atoms with E-state index in [-0.39, 0.29) is 4.90 Å². The fourth-order valence-electron chi connectivity index (χ4n) is 5.84. The van der Waals surface area contributed by atoms with E-state index in [1.54, 1.807) is 60.3 Å². The van der Waals surface area contributed by atoms with Gasteiger partial charge in [0.05, 0.1) is 38.7 Å².